The molecule has 0 amide bonds. The summed E-state index contributed by atoms with van der Waals surface area (Å²) in [5.74, 6) is -1.40. The lowest BCUT2D eigenvalue weighted by Gasteiger charge is -2.37. The Morgan fingerprint density at radius 3 is 2.53 bits per heavy atom. The van der Waals surface area contributed by atoms with Gasteiger partial charge in [0.1, 0.15) is 11.9 Å². The lowest BCUT2D eigenvalue weighted by Crippen LogP contribution is -2.46. The minimum atomic E-state index is -4.85. The van der Waals surface area contributed by atoms with Crippen LogP contribution in [0.4, 0.5) is 17.6 Å². The zero-order chi connectivity index (χ0) is 21.8. The molecule has 8 nitrogen and oxygen atoms in total. The second kappa shape index (κ2) is 7.59. The molecular formula is C18H22F4N4O4. The highest BCUT2D eigenvalue weighted by Crippen LogP contribution is 2.43. The van der Waals surface area contributed by atoms with Gasteiger partial charge in [0.05, 0.1) is 23.4 Å². The zero-order valence-corrected chi connectivity index (χ0v) is 16.1. The second-order valence-electron chi connectivity index (χ2n) is 7.84. The SMILES string of the molecule is COC1c2c(c(=O)[nH]c(=O)n2C2CC2)C=C(F)C1N1CC(CN)C(OC(F)(F)F)C1. The Labute approximate surface area is 168 Å². The maximum absolute atomic E-state index is 15.1. The fourth-order valence-electron chi connectivity index (χ4n) is 4.46. The summed E-state index contributed by atoms with van der Waals surface area (Å²) < 4.78 is 64.6. The number of methoxy groups -OCH3 is 1. The van der Waals surface area contributed by atoms with Crippen LogP contribution in [0.25, 0.3) is 6.08 Å². The molecule has 1 aromatic rings. The van der Waals surface area contributed by atoms with Crippen molar-refractivity contribution in [3.63, 3.8) is 0 Å². The van der Waals surface area contributed by atoms with Crippen molar-refractivity contribution in [2.75, 3.05) is 26.7 Å². The molecule has 30 heavy (non-hydrogen) atoms. The van der Waals surface area contributed by atoms with E-state index in [1.165, 1.54) is 16.6 Å². The van der Waals surface area contributed by atoms with Gasteiger partial charge in [-0.15, -0.1) is 13.2 Å². The second-order valence-corrected chi connectivity index (χ2v) is 7.84. The van der Waals surface area contributed by atoms with Gasteiger partial charge in [0.2, 0.25) is 0 Å². The minimum Gasteiger partial charge on any atom is -0.373 e. The fourth-order valence-corrected chi connectivity index (χ4v) is 4.46. The summed E-state index contributed by atoms with van der Waals surface area (Å²) in [4.78, 5) is 28.4. The van der Waals surface area contributed by atoms with Crippen LogP contribution in [-0.2, 0) is 9.47 Å². The standard InChI is InChI=1S/C18H22F4N4O4/c1-29-15-13-10(16(27)24-17(28)26(13)9-2-3-9)4-11(19)14(15)25-6-8(5-23)12(7-25)30-18(20,21)22/h4,8-9,12,14-15H,2-3,5-7,23H2,1H3,(H,24,27,28). The highest BCUT2D eigenvalue weighted by molar-refractivity contribution is 5.58. The first-order chi connectivity index (χ1) is 14.1. The number of halogens is 4. The lowest BCUT2D eigenvalue weighted by molar-refractivity contribution is -0.344. The maximum Gasteiger partial charge on any atom is 0.522 e. The van der Waals surface area contributed by atoms with Crippen LogP contribution < -0.4 is 17.0 Å². The molecular weight excluding hydrogens is 412 g/mol. The van der Waals surface area contributed by atoms with Crippen molar-refractivity contribution in [3.8, 4) is 0 Å². The molecule has 0 radical (unpaired) electrons. The van der Waals surface area contributed by atoms with Crippen LogP contribution in [0.1, 0.15) is 36.2 Å². The largest absolute Gasteiger partial charge is 0.522 e. The van der Waals surface area contributed by atoms with Gasteiger partial charge in [0.25, 0.3) is 5.56 Å². The summed E-state index contributed by atoms with van der Waals surface area (Å²) in [6.07, 6.45) is -4.67. The van der Waals surface area contributed by atoms with E-state index in [0.717, 1.165) is 18.9 Å². The molecule has 4 atom stereocenters. The van der Waals surface area contributed by atoms with Gasteiger partial charge in [-0.05, 0) is 25.5 Å². The molecule has 3 N–H and O–H groups in total. The normalized spacial score (nSPS) is 29.7. The average Bonchev–Trinajstić information content (AvgIpc) is 3.41. The fraction of sp³-hybridized carbons (Fsp3) is 0.667. The number of hydrogen-bond acceptors (Lipinski definition) is 6. The van der Waals surface area contributed by atoms with Crippen molar-refractivity contribution in [2.24, 2.45) is 11.7 Å². The number of fused-ring (bicyclic) bond motifs is 1. The van der Waals surface area contributed by atoms with E-state index in [9.17, 15) is 22.8 Å². The van der Waals surface area contributed by atoms with E-state index in [0.29, 0.717) is 0 Å². The first-order valence-corrected chi connectivity index (χ1v) is 9.61. The minimum absolute atomic E-state index is 0.0141. The van der Waals surface area contributed by atoms with Crippen LogP contribution in [0.15, 0.2) is 15.4 Å². The molecule has 4 unspecified atom stereocenters. The van der Waals surface area contributed by atoms with E-state index in [-0.39, 0.29) is 36.9 Å². The van der Waals surface area contributed by atoms with Crippen LogP contribution in [0.2, 0.25) is 0 Å². The Balaban J connectivity index is 1.74. The zero-order valence-electron chi connectivity index (χ0n) is 16.1. The van der Waals surface area contributed by atoms with E-state index in [1.54, 1.807) is 0 Å². The van der Waals surface area contributed by atoms with Crippen LogP contribution >= 0.6 is 0 Å². The predicted molar refractivity (Wildman–Crippen MR) is 97.3 cm³/mol. The summed E-state index contributed by atoms with van der Waals surface area (Å²) >= 11 is 0. The summed E-state index contributed by atoms with van der Waals surface area (Å²) in [6.45, 7) is -0.245. The first-order valence-electron chi connectivity index (χ1n) is 9.61. The van der Waals surface area contributed by atoms with E-state index in [4.69, 9.17) is 10.5 Å². The molecule has 2 heterocycles. The van der Waals surface area contributed by atoms with Crippen molar-refractivity contribution in [1.82, 2.24) is 14.5 Å². The number of aromatic amines is 1. The van der Waals surface area contributed by atoms with Gasteiger partial charge in [-0.3, -0.25) is 24.0 Å². The summed E-state index contributed by atoms with van der Waals surface area (Å²) in [7, 11) is 1.31. The third kappa shape index (κ3) is 3.72. The van der Waals surface area contributed by atoms with Crippen molar-refractivity contribution in [2.45, 2.75) is 43.5 Å². The summed E-state index contributed by atoms with van der Waals surface area (Å²) in [5, 5.41) is 0. The Hall–Kier alpha value is -2.02. The lowest BCUT2D eigenvalue weighted by atomic mass is 9.93. The molecule has 0 aromatic carbocycles. The molecule has 1 saturated carbocycles. The molecule has 166 valence electrons. The highest BCUT2D eigenvalue weighted by Gasteiger charge is 2.48. The van der Waals surface area contributed by atoms with E-state index in [1.807, 2.05) is 0 Å². The van der Waals surface area contributed by atoms with Crippen molar-refractivity contribution in [3.05, 3.63) is 37.9 Å². The molecule has 2 fully saturated rings. The number of hydrogen-bond donors (Lipinski definition) is 2. The van der Waals surface area contributed by atoms with Crippen molar-refractivity contribution >= 4 is 6.08 Å². The maximum atomic E-state index is 15.1. The van der Waals surface area contributed by atoms with Crippen molar-refractivity contribution in [1.29, 1.82) is 0 Å². The molecule has 4 rings (SSSR count). The molecule has 1 aliphatic heterocycles. The number of likely N-dealkylation sites (tertiary alicyclic amines) is 1. The molecule has 1 aromatic heterocycles. The Kier molecular flexibility index (Phi) is 5.37. The Bertz CT molecular complexity index is 968. The molecule has 3 aliphatic rings. The quantitative estimate of drug-likeness (QED) is 0.672. The third-order valence-electron chi connectivity index (χ3n) is 5.90. The number of aromatic nitrogens is 2. The Morgan fingerprint density at radius 2 is 1.97 bits per heavy atom. The van der Waals surface area contributed by atoms with Gasteiger partial charge in [-0.1, -0.05) is 0 Å². The average molecular weight is 434 g/mol. The van der Waals surface area contributed by atoms with E-state index in [2.05, 4.69) is 9.72 Å². The van der Waals surface area contributed by atoms with Gasteiger partial charge in [0, 0.05) is 32.2 Å². The smallest absolute Gasteiger partial charge is 0.373 e. The van der Waals surface area contributed by atoms with Gasteiger partial charge in [0.15, 0.2) is 0 Å². The predicted octanol–water partition coefficient (Wildman–Crippen LogP) is 1.05. The third-order valence-corrected chi connectivity index (χ3v) is 5.90. The highest BCUT2D eigenvalue weighted by atomic mass is 19.4. The number of nitrogens with zero attached hydrogens (tertiary/aromatic N) is 2. The number of nitrogens with two attached hydrogens (primary N) is 1. The monoisotopic (exact) mass is 434 g/mol. The molecule has 1 saturated heterocycles. The van der Waals surface area contributed by atoms with Crippen LogP contribution in [-0.4, -0.2) is 59.7 Å². The van der Waals surface area contributed by atoms with E-state index < -0.39 is 47.6 Å². The van der Waals surface area contributed by atoms with Crippen LogP contribution in [0, 0.1) is 5.92 Å². The summed E-state index contributed by atoms with van der Waals surface area (Å²) in [5.41, 5.74) is 4.50. The molecule has 0 spiro atoms. The van der Waals surface area contributed by atoms with Crippen molar-refractivity contribution < 1.29 is 27.0 Å². The number of alkyl halides is 3. The van der Waals surface area contributed by atoms with Crippen LogP contribution in [0.3, 0.4) is 0 Å². The topological polar surface area (TPSA) is 103 Å². The van der Waals surface area contributed by atoms with Gasteiger partial charge in [-0.2, -0.15) is 0 Å². The number of H-pyrrole nitrogens is 1. The number of ether oxygens (including phenoxy) is 2. The number of rotatable bonds is 5. The van der Waals surface area contributed by atoms with Gasteiger partial charge >= 0.3 is 12.1 Å². The summed E-state index contributed by atoms with van der Waals surface area (Å²) in [6, 6.07) is -1.24. The first kappa shape index (κ1) is 21.2. The number of nitrogens with one attached hydrogen (secondary N) is 1. The molecule has 12 heteroatoms. The molecule has 2 aliphatic carbocycles. The van der Waals surface area contributed by atoms with Gasteiger partial charge < -0.3 is 10.5 Å². The molecule has 0 bridgehead atoms. The van der Waals surface area contributed by atoms with Crippen LogP contribution in [0.5, 0.6) is 0 Å². The van der Waals surface area contributed by atoms with Gasteiger partial charge in [-0.25, -0.2) is 9.18 Å². The van der Waals surface area contributed by atoms with E-state index >= 15 is 4.39 Å². The Morgan fingerprint density at radius 1 is 1.27 bits per heavy atom.